The largest absolute Gasteiger partial charge is 0.299 e. The molecule has 0 bridgehead atoms. The van der Waals surface area contributed by atoms with E-state index in [2.05, 4.69) is 86.8 Å². The summed E-state index contributed by atoms with van der Waals surface area (Å²) in [6.07, 6.45) is 0. The second-order valence-corrected chi connectivity index (χ2v) is 10.5. The van der Waals surface area contributed by atoms with Crippen LogP contribution in [-0.2, 0) is 4.79 Å². The van der Waals surface area contributed by atoms with E-state index in [0.29, 0.717) is 0 Å². The quantitative estimate of drug-likeness (QED) is 0.458. The highest BCUT2D eigenvalue weighted by molar-refractivity contribution is 8.14. The van der Waals surface area contributed by atoms with Gasteiger partial charge in [-0.3, -0.25) is 10.1 Å². The van der Waals surface area contributed by atoms with Gasteiger partial charge in [0.25, 0.3) is 0 Å². The zero-order chi connectivity index (χ0) is 21.6. The lowest BCUT2D eigenvalue weighted by molar-refractivity contribution is -0.114. The predicted molar refractivity (Wildman–Crippen MR) is 129 cm³/mol. The fraction of sp³-hybridized carbons (Fsp3) is 0.296. The summed E-state index contributed by atoms with van der Waals surface area (Å²) in [6, 6.07) is 31.1. The first-order valence-electron chi connectivity index (χ1n) is 10.5. The van der Waals surface area contributed by atoms with Crippen molar-refractivity contribution in [2.75, 3.05) is 0 Å². The van der Waals surface area contributed by atoms with E-state index in [1.807, 2.05) is 37.3 Å². The summed E-state index contributed by atoms with van der Waals surface area (Å²) >= 11 is 1.43. The molecule has 156 valence electrons. The van der Waals surface area contributed by atoms with Crippen molar-refractivity contribution >= 4 is 16.9 Å². The monoisotopic (exact) mass is 417 g/mol. The van der Waals surface area contributed by atoms with Crippen molar-refractivity contribution in [3.8, 4) is 0 Å². The SMILES string of the molecule is C[C@H](C(=O)SC(C)(C)C)[C@H](NC(c1ccccc1)c1ccccc1)c1ccccc1. The lowest BCUT2D eigenvalue weighted by Crippen LogP contribution is -2.34. The maximum atomic E-state index is 13.2. The summed E-state index contributed by atoms with van der Waals surface area (Å²) in [5.41, 5.74) is 3.50. The van der Waals surface area contributed by atoms with Crippen LogP contribution in [0.3, 0.4) is 0 Å². The van der Waals surface area contributed by atoms with Gasteiger partial charge in [0.15, 0.2) is 5.12 Å². The third-order valence-corrected chi connectivity index (χ3v) is 6.23. The molecule has 0 aliphatic heterocycles. The fourth-order valence-electron chi connectivity index (χ4n) is 3.58. The van der Waals surface area contributed by atoms with Gasteiger partial charge in [0.1, 0.15) is 0 Å². The van der Waals surface area contributed by atoms with E-state index in [1.165, 1.54) is 22.9 Å². The lowest BCUT2D eigenvalue weighted by Gasteiger charge is -2.31. The molecular weight excluding hydrogens is 386 g/mol. The Hall–Kier alpha value is -2.36. The van der Waals surface area contributed by atoms with Crippen molar-refractivity contribution in [2.45, 2.75) is 44.5 Å². The molecule has 0 fully saturated rings. The van der Waals surface area contributed by atoms with Gasteiger partial charge in [0.2, 0.25) is 0 Å². The zero-order valence-corrected chi connectivity index (χ0v) is 19.0. The molecule has 0 aliphatic carbocycles. The summed E-state index contributed by atoms with van der Waals surface area (Å²) in [5, 5.41) is 4.05. The number of rotatable bonds is 7. The van der Waals surface area contributed by atoms with Gasteiger partial charge in [-0.2, -0.15) is 0 Å². The molecule has 1 N–H and O–H groups in total. The van der Waals surface area contributed by atoms with Crippen molar-refractivity contribution in [3.05, 3.63) is 108 Å². The van der Waals surface area contributed by atoms with Gasteiger partial charge >= 0.3 is 0 Å². The maximum absolute atomic E-state index is 13.2. The third kappa shape index (κ3) is 6.07. The average Bonchev–Trinajstić information content (AvgIpc) is 2.75. The standard InChI is InChI=1S/C27H31NOS/c1-20(26(29)30-27(2,3)4)24(21-14-8-5-9-15-21)28-25(22-16-10-6-11-17-22)23-18-12-7-13-19-23/h5-20,24-25,28H,1-4H3/t20-,24-/m0/s1. The molecular formula is C27H31NOS. The van der Waals surface area contributed by atoms with E-state index in [0.717, 1.165) is 5.56 Å². The molecule has 0 spiro atoms. The van der Waals surface area contributed by atoms with Crippen molar-refractivity contribution in [2.24, 2.45) is 5.92 Å². The molecule has 3 rings (SSSR count). The number of hydrogen-bond donors (Lipinski definition) is 1. The van der Waals surface area contributed by atoms with E-state index in [1.54, 1.807) is 0 Å². The highest BCUT2D eigenvalue weighted by Gasteiger charge is 2.31. The van der Waals surface area contributed by atoms with Crippen LogP contribution in [0, 0.1) is 5.92 Å². The molecule has 3 aromatic carbocycles. The summed E-state index contributed by atoms with van der Waals surface area (Å²) in [7, 11) is 0. The summed E-state index contributed by atoms with van der Waals surface area (Å²) in [5.74, 6) is -0.174. The molecule has 0 amide bonds. The summed E-state index contributed by atoms with van der Waals surface area (Å²) in [6.45, 7) is 8.30. The zero-order valence-electron chi connectivity index (χ0n) is 18.2. The smallest absolute Gasteiger partial charge is 0.194 e. The van der Waals surface area contributed by atoms with Crippen LogP contribution in [0.2, 0.25) is 0 Å². The van der Waals surface area contributed by atoms with Crippen LogP contribution in [0.4, 0.5) is 0 Å². The molecule has 0 saturated carbocycles. The fourth-order valence-corrected chi connectivity index (χ4v) is 4.50. The Kier molecular flexibility index (Phi) is 7.52. The van der Waals surface area contributed by atoms with Gasteiger partial charge in [-0.05, 0) is 16.7 Å². The van der Waals surface area contributed by atoms with Crippen LogP contribution in [-0.4, -0.2) is 9.86 Å². The van der Waals surface area contributed by atoms with E-state index in [-0.39, 0.29) is 27.9 Å². The number of thioether (sulfide) groups is 1. The average molecular weight is 418 g/mol. The Balaban J connectivity index is 1.98. The molecule has 3 heteroatoms. The van der Waals surface area contributed by atoms with Gasteiger partial charge < -0.3 is 0 Å². The Morgan fingerprint density at radius 3 is 1.53 bits per heavy atom. The number of carbonyl (C=O) groups is 1. The van der Waals surface area contributed by atoms with Crippen molar-refractivity contribution in [3.63, 3.8) is 0 Å². The number of carbonyl (C=O) groups excluding carboxylic acids is 1. The van der Waals surface area contributed by atoms with Crippen molar-refractivity contribution in [1.29, 1.82) is 0 Å². The Morgan fingerprint density at radius 2 is 1.13 bits per heavy atom. The van der Waals surface area contributed by atoms with Crippen LogP contribution >= 0.6 is 11.8 Å². The number of hydrogen-bond acceptors (Lipinski definition) is 3. The minimum Gasteiger partial charge on any atom is -0.299 e. The predicted octanol–water partition coefficient (Wildman–Crippen LogP) is 6.80. The molecule has 0 heterocycles. The van der Waals surface area contributed by atoms with Gasteiger partial charge in [-0.1, -0.05) is 130 Å². The maximum Gasteiger partial charge on any atom is 0.194 e. The first kappa shape index (κ1) is 22.3. The normalized spacial score (nSPS) is 13.8. The number of nitrogens with one attached hydrogen (secondary N) is 1. The molecule has 0 saturated heterocycles. The Labute approximate surface area is 185 Å². The van der Waals surface area contributed by atoms with Gasteiger partial charge in [-0.25, -0.2) is 0 Å². The van der Waals surface area contributed by atoms with Crippen LogP contribution in [0.25, 0.3) is 0 Å². The summed E-state index contributed by atoms with van der Waals surface area (Å²) in [4.78, 5) is 13.2. The van der Waals surface area contributed by atoms with Crippen molar-refractivity contribution in [1.82, 2.24) is 5.32 Å². The van der Waals surface area contributed by atoms with E-state index >= 15 is 0 Å². The van der Waals surface area contributed by atoms with Crippen LogP contribution in [0.5, 0.6) is 0 Å². The topological polar surface area (TPSA) is 29.1 Å². The van der Waals surface area contributed by atoms with Gasteiger partial charge in [-0.15, -0.1) is 0 Å². The van der Waals surface area contributed by atoms with Crippen LogP contribution in [0.15, 0.2) is 91.0 Å². The third-order valence-electron chi connectivity index (χ3n) is 5.05. The molecule has 2 atom stereocenters. The minimum absolute atomic E-state index is 0.00695. The molecule has 0 unspecified atom stereocenters. The highest BCUT2D eigenvalue weighted by Crippen LogP contribution is 2.35. The van der Waals surface area contributed by atoms with Crippen molar-refractivity contribution < 1.29 is 4.79 Å². The molecule has 30 heavy (non-hydrogen) atoms. The second-order valence-electron chi connectivity index (χ2n) is 8.63. The molecule has 0 aromatic heterocycles. The molecule has 0 radical (unpaired) electrons. The first-order chi connectivity index (χ1) is 14.3. The van der Waals surface area contributed by atoms with Crippen LogP contribution < -0.4 is 5.32 Å². The molecule has 3 aromatic rings. The van der Waals surface area contributed by atoms with Crippen LogP contribution in [0.1, 0.15) is 56.5 Å². The lowest BCUT2D eigenvalue weighted by atomic mass is 9.91. The first-order valence-corrected chi connectivity index (χ1v) is 11.3. The number of benzene rings is 3. The van der Waals surface area contributed by atoms with E-state index < -0.39 is 0 Å². The minimum atomic E-state index is -0.174. The van der Waals surface area contributed by atoms with Gasteiger partial charge in [0.05, 0.1) is 6.04 Å². The second kappa shape index (κ2) is 10.1. The molecule has 0 aliphatic rings. The van der Waals surface area contributed by atoms with Gasteiger partial charge in [0, 0.05) is 16.7 Å². The molecule has 2 nitrogen and oxygen atoms in total. The van der Waals surface area contributed by atoms with E-state index in [4.69, 9.17) is 0 Å². The Bertz CT molecular complexity index is 880. The summed E-state index contributed by atoms with van der Waals surface area (Å²) < 4.78 is -0.106. The van der Waals surface area contributed by atoms with E-state index in [9.17, 15) is 4.79 Å². The Morgan fingerprint density at radius 1 is 0.733 bits per heavy atom. The highest BCUT2D eigenvalue weighted by atomic mass is 32.2.